The van der Waals surface area contributed by atoms with Gasteiger partial charge < -0.3 is 10.2 Å². The molecule has 0 aromatic heterocycles. The van der Waals surface area contributed by atoms with Crippen LogP contribution in [0.1, 0.15) is 41.5 Å². The van der Waals surface area contributed by atoms with Crippen molar-refractivity contribution in [2.45, 2.75) is 53.8 Å². The highest BCUT2D eigenvalue weighted by Gasteiger charge is 2.36. The molecule has 0 saturated heterocycles. The molecule has 0 aromatic rings. The predicted molar refractivity (Wildman–Crippen MR) is 50.9 cm³/mol. The van der Waals surface area contributed by atoms with Crippen LogP contribution in [-0.2, 0) is 0 Å². The van der Waals surface area contributed by atoms with Gasteiger partial charge in [0.1, 0.15) is 0 Å². The van der Waals surface area contributed by atoms with E-state index in [0.29, 0.717) is 0 Å². The SMILES string of the molecule is CC(C)(C)[C@@H](O)[C@H](O)C(C)(C)C. The first-order chi connectivity index (χ1) is 5.07. The monoisotopic (exact) mass is 174 g/mol. The van der Waals surface area contributed by atoms with Crippen LogP contribution >= 0.6 is 0 Å². The van der Waals surface area contributed by atoms with Gasteiger partial charge in [0.25, 0.3) is 0 Å². The molecule has 0 aliphatic heterocycles. The lowest BCUT2D eigenvalue weighted by molar-refractivity contribution is -0.0908. The zero-order chi connectivity index (χ0) is 10.2. The van der Waals surface area contributed by atoms with Crippen LogP contribution in [0.15, 0.2) is 0 Å². The van der Waals surface area contributed by atoms with Gasteiger partial charge in [-0.05, 0) is 10.8 Å². The molecule has 0 amide bonds. The van der Waals surface area contributed by atoms with E-state index in [1.807, 2.05) is 41.5 Å². The second kappa shape index (κ2) is 3.35. The largest absolute Gasteiger partial charge is 0.390 e. The fourth-order valence-electron chi connectivity index (χ4n) is 0.947. The van der Waals surface area contributed by atoms with E-state index in [9.17, 15) is 10.2 Å². The molecule has 0 aromatic carbocycles. The van der Waals surface area contributed by atoms with Gasteiger partial charge in [-0.3, -0.25) is 0 Å². The van der Waals surface area contributed by atoms with Crippen molar-refractivity contribution in [1.82, 2.24) is 0 Å². The van der Waals surface area contributed by atoms with Gasteiger partial charge in [-0.2, -0.15) is 0 Å². The predicted octanol–water partition coefficient (Wildman–Crippen LogP) is 1.80. The lowest BCUT2D eigenvalue weighted by atomic mass is 9.76. The number of aliphatic hydroxyl groups is 2. The molecular weight excluding hydrogens is 152 g/mol. The van der Waals surface area contributed by atoms with E-state index in [1.165, 1.54) is 0 Å². The van der Waals surface area contributed by atoms with Gasteiger partial charge in [0.15, 0.2) is 0 Å². The summed E-state index contributed by atoms with van der Waals surface area (Å²) in [5, 5.41) is 19.5. The highest BCUT2D eigenvalue weighted by molar-refractivity contribution is 4.86. The van der Waals surface area contributed by atoms with Gasteiger partial charge in [-0.15, -0.1) is 0 Å². The Bertz CT molecular complexity index is 121. The average Bonchev–Trinajstić information content (AvgIpc) is 1.80. The summed E-state index contributed by atoms with van der Waals surface area (Å²) in [6.07, 6.45) is -1.34. The van der Waals surface area contributed by atoms with Gasteiger partial charge in [0, 0.05) is 0 Å². The number of aliphatic hydroxyl groups excluding tert-OH is 2. The fourth-order valence-corrected chi connectivity index (χ4v) is 0.947. The standard InChI is InChI=1S/C10H22O2/c1-9(2,3)7(11)8(12)10(4,5)6/h7-8,11-12H,1-6H3/t7-,8-/m0/s1. The van der Waals surface area contributed by atoms with E-state index >= 15 is 0 Å². The smallest absolute Gasteiger partial charge is 0.0852 e. The summed E-state index contributed by atoms with van der Waals surface area (Å²) in [4.78, 5) is 0. The van der Waals surface area contributed by atoms with Gasteiger partial charge in [0.05, 0.1) is 12.2 Å². The van der Waals surface area contributed by atoms with Crippen LogP contribution in [0.2, 0.25) is 0 Å². The van der Waals surface area contributed by atoms with Crippen molar-refractivity contribution in [2.75, 3.05) is 0 Å². The molecule has 0 aliphatic carbocycles. The summed E-state index contributed by atoms with van der Waals surface area (Å²) in [7, 11) is 0. The van der Waals surface area contributed by atoms with E-state index in [4.69, 9.17) is 0 Å². The third-order valence-corrected chi connectivity index (χ3v) is 2.07. The third kappa shape index (κ3) is 3.11. The zero-order valence-corrected chi connectivity index (χ0v) is 9.05. The summed E-state index contributed by atoms with van der Waals surface area (Å²) in [5.41, 5.74) is -0.514. The van der Waals surface area contributed by atoms with Gasteiger partial charge in [-0.25, -0.2) is 0 Å². The minimum atomic E-state index is -0.669. The van der Waals surface area contributed by atoms with Crippen molar-refractivity contribution in [3.05, 3.63) is 0 Å². The third-order valence-electron chi connectivity index (χ3n) is 2.07. The molecule has 2 N–H and O–H groups in total. The van der Waals surface area contributed by atoms with E-state index in [0.717, 1.165) is 0 Å². The molecule has 0 unspecified atom stereocenters. The van der Waals surface area contributed by atoms with Gasteiger partial charge in [-0.1, -0.05) is 41.5 Å². The maximum absolute atomic E-state index is 9.74. The first kappa shape index (κ1) is 11.9. The molecule has 12 heavy (non-hydrogen) atoms. The number of hydrogen-bond acceptors (Lipinski definition) is 2. The van der Waals surface area contributed by atoms with Crippen molar-refractivity contribution >= 4 is 0 Å². The summed E-state index contributed by atoms with van der Waals surface area (Å²) in [5.74, 6) is 0. The van der Waals surface area contributed by atoms with Crippen LogP contribution < -0.4 is 0 Å². The van der Waals surface area contributed by atoms with Crippen LogP contribution in [0.25, 0.3) is 0 Å². The van der Waals surface area contributed by atoms with E-state index in [-0.39, 0.29) is 10.8 Å². The maximum Gasteiger partial charge on any atom is 0.0852 e. The second-order valence-electron chi connectivity index (χ2n) is 5.62. The van der Waals surface area contributed by atoms with Crippen molar-refractivity contribution in [3.63, 3.8) is 0 Å². The van der Waals surface area contributed by atoms with Crippen LogP contribution in [0.5, 0.6) is 0 Å². The van der Waals surface area contributed by atoms with Crippen LogP contribution in [0.3, 0.4) is 0 Å². The summed E-state index contributed by atoms with van der Waals surface area (Å²) >= 11 is 0. The number of hydrogen-bond donors (Lipinski definition) is 2. The molecule has 0 fully saturated rings. The van der Waals surface area contributed by atoms with Crippen LogP contribution in [-0.4, -0.2) is 22.4 Å². The Morgan fingerprint density at radius 3 is 0.917 bits per heavy atom. The van der Waals surface area contributed by atoms with Crippen molar-refractivity contribution in [2.24, 2.45) is 10.8 Å². The molecule has 0 rings (SSSR count). The van der Waals surface area contributed by atoms with Crippen molar-refractivity contribution < 1.29 is 10.2 Å². The fraction of sp³-hybridized carbons (Fsp3) is 1.00. The Morgan fingerprint density at radius 2 is 0.833 bits per heavy atom. The molecule has 0 bridgehead atoms. The molecule has 2 nitrogen and oxygen atoms in total. The highest BCUT2D eigenvalue weighted by Crippen LogP contribution is 2.30. The van der Waals surface area contributed by atoms with E-state index < -0.39 is 12.2 Å². The minimum absolute atomic E-state index is 0.257. The Kier molecular flexibility index (Phi) is 3.32. The Balaban J connectivity index is 4.41. The average molecular weight is 174 g/mol. The van der Waals surface area contributed by atoms with Gasteiger partial charge >= 0.3 is 0 Å². The minimum Gasteiger partial charge on any atom is -0.390 e. The van der Waals surface area contributed by atoms with Crippen LogP contribution in [0.4, 0.5) is 0 Å². The summed E-state index contributed by atoms with van der Waals surface area (Å²) in [6.45, 7) is 11.5. The maximum atomic E-state index is 9.74. The topological polar surface area (TPSA) is 40.5 Å². The van der Waals surface area contributed by atoms with Crippen LogP contribution in [0, 0.1) is 10.8 Å². The lowest BCUT2D eigenvalue weighted by Gasteiger charge is -2.37. The Hall–Kier alpha value is -0.0800. The summed E-state index contributed by atoms with van der Waals surface area (Å²) < 4.78 is 0. The quantitative estimate of drug-likeness (QED) is 0.636. The molecule has 0 radical (unpaired) electrons. The molecule has 2 atom stereocenters. The highest BCUT2D eigenvalue weighted by atomic mass is 16.3. The normalized spacial score (nSPS) is 19.0. The summed E-state index contributed by atoms with van der Waals surface area (Å²) in [6, 6.07) is 0. The Labute approximate surface area is 75.6 Å². The van der Waals surface area contributed by atoms with Crippen molar-refractivity contribution in [3.8, 4) is 0 Å². The first-order valence-corrected chi connectivity index (χ1v) is 4.43. The molecule has 0 aliphatic rings. The Morgan fingerprint density at radius 1 is 0.667 bits per heavy atom. The zero-order valence-electron chi connectivity index (χ0n) is 9.05. The van der Waals surface area contributed by atoms with Crippen molar-refractivity contribution in [1.29, 1.82) is 0 Å². The second-order valence-corrected chi connectivity index (χ2v) is 5.62. The van der Waals surface area contributed by atoms with E-state index in [1.54, 1.807) is 0 Å². The molecule has 0 saturated carbocycles. The molecule has 2 heteroatoms. The van der Waals surface area contributed by atoms with E-state index in [2.05, 4.69) is 0 Å². The lowest BCUT2D eigenvalue weighted by Crippen LogP contribution is -2.44. The molecular formula is C10H22O2. The molecule has 0 spiro atoms. The van der Waals surface area contributed by atoms with Gasteiger partial charge in [0.2, 0.25) is 0 Å². The number of rotatable bonds is 1. The molecule has 0 heterocycles. The molecule has 74 valence electrons. The first-order valence-electron chi connectivity index (χ1n) is 4.43.